The van der Waals surface area contributed by atoms with Crippen molar-refractivity contribution in [2.45, 2.75) is 12.5 Å². The van der Waals surface area contributed by atoms with E-state index in [0.717, 1.165) is 17.8 Å². The topological polar surface area (TPSA) is 55.1 Å². The van der Waals surface area contributed by atoms with Crippen LogP contribution in [0.2, 0.25) is 0 Å². The Hall–Kier alpha value is -1.88. The third kappa shape index (κ3) is 3.79. The van der Waals surface area contributed by atoms with Crippen LogP contribution in [0, 0.1) is 0 Å². The summed E-state index contributed by atoms with van der Waals surface area (Å²) in [6.45, 7) is 1.55. The molecule has 1 aromatic carbocycles. The van der Waals surface area contributed by atoms with Gasteiger partial charge in [-0.2, -0.15) is 0 Å². The molecule has 2 N–H and O–H groups in total. The second-order valence-corrected chi connectivity index (χ2v) is 4.95. The van der Waals surface area contributed by atoms with Gasteiger partial charge in [-0.15, -0.1) is 0 Å². The van der Waals surface area contributed by atoms with Crippen LogP contribution in [0.25, 0.3) is 0 Å². The van der Waals surface area contributed by atoms with Crippen molar-refractivity contribution in [1.29, 1.82) is 0 Å². The molecule has 0 unspecified atom stereocenters. The van der Waals surface area contributed by atoms with Crippen molar-refractivity contribution in [3.63, 3.8) is 0 Å². The Bertz CT molecular complexity index is 457. The zero-order valence-corrected chi connectivity index (χ0v) is 11.3. The molecule has 0 aromatic heterocycles. The first-order valence-electron chi connectivity index (χ1n) is 6.51. The Balaban J connectivity index is 1.82. The number of carbonyl (C=O) groups is 1. The predicted molar refractivity (Wildman–Crippen MR) is 73.2 cm³/mol. The fraction of sp³-hybridized carbons (Fsp3) is 0.429. The molecule has 5 heteroatoms. The molecule has 1 amide bonds. The van der Waals surface area contributed by atoms with E-state index in [1.165, 1.54) is 4.90 Å². The van der Waals surface area contributed by atoms with Crippen molar-refractivity contribution in [3.05, 3.63) is 35.9 Å². The Morgan fingerprint density at radius 3 is 2.84 bits per heavy atom. The summed E-state index contributed by atoms with van der Waals surface area (Å²) in [6, 6.07) is 9.79. The minimum Gasteiger partial charge on any atom is -0.382 e. The summed E-state index contributed by atoms with van der Waals surface area (Å²) in [6.07, 6.45) is 0.0392. The van der Waals surface area contributed by atoms with E-state index in [9.17, 15) is 4.79 Å². The molecule has 0 bridgehead atoms. The molecule has 0 spiro atoms. The first kappa shape index (κ1) is 13.5. The second-order valence-electron chi connectivity index (χ2n) is 4.95. The number of nitrogens with zero attached hydrogens (tertiary/aromatic N) is 1. The summed E-state index contributed by atoms with van der Waals surface area (Å²) in [5.41, 5.74) is 1.84. The van der Waals surface area contributed by atoms with Crippen LogP contribution in [0.15, 0.2) is 35.5 Å². The van der Waals surface area contributed by atoms with E-state index < -0.39 is 6.10 Å². The molecule has 1 aromatic rings. The molecule has 0 radical (unpaired) electrons. The van der Waals surface area contributed by atoms with Gasteiger partial charge in [0.05, 0.1) is 32.9 Å². The molecule has 102 valence electrons. The van der Waals surface area contributed by atoms with Gasteiger partial charge >= 0.3 is 0 Å². The molecule has 0 saturated heterocycles. The summed E-state index contributed by atoms with van der Waals surface area (Å²) in [5.74, 6) is -0.0871. The highest BCUT2D eigenvalue weighted by molar-refractivity contribution is 6.04. The maximum Gasteiger partial charge on any atom is 0.264 e. The standard InChI is InChI=1S/C14H19N3O2/c1-17(2)9-8-15-14(18)13-10-12(16-19-13)11-6-4-3-5-7-11/h3-7,13H,8-10H2,1-2H3,(H,15,18)/p+1/t13-/m0/s1. The van der Waals surface area contributed by atoms with Crippen molar-refractivity contribution in [2.75, 3.05) is 27.2 Å². The fourth-order valence-corrected chi connectivity index (χ4v) is 1.87. The van der Waals surface area contributed by atoms with Crippen LogP contribution < -0.4 is 10.2 Å². The lowest BCUT2D eigenvalue weighted by molar-refractivity contribution is -0.856. The molecule has 0 fully saturated rings. The number of hydrogen-bond donors (Lipinski definition) is 2. The number of likely N-dealkylation sites (N-methyl/N-ethyl adjacent to an activating group) is 1. The van der Waals surface area contributed by atoms with Crippen LogP contribution in [0.5, 0.6) is 0 Å². The van der Waals surface area contributed by atoms with Crippen LogP contribution in [0.4, 0.5) is 0 Å². The molecular weight excluding hydrogens is 242 g/mol. The molecule has 1 atom stereocenters. The number of hydrogen-bond acceptors (Lipinski definition) is 3. The van der Waals surface area contributed by atoms with E-state index >= 15 is 0 Å². The number of quaternary nitrogens is 1. The van der Waals surface area contributed by atoms with Gasteiger partial charge in [-0.1, -0.05) is 35.5 Å². The Morgan fingerprint density at radius 2 is 2.16 bits per heavy atom. The monoisotopic (exact) mass is 262 g/mol. The Labute approximate surface area is 113 Å². The first-order valence-corrected chi connectivity index (χ1v) is 6.51. The van der Waals surface area contributed by atoms with E-state index in [1.807, 2.05) is 30.3 Å². The first-order chi connectivity index (χ1) is 9.16. The van der Waals surface area contributed by atoms with Gasteiger partial charge in [0.1, 0.15) is 0 Å². The molecular formula is C14H20N3O2+. The lowest BCUT2D eigenvalue weighted by Crippen LogP contribution is -3.06. The summed E-state index contributed by atoms with van der Waals surface area (Å²) < 4.78 is 0. The average molecular weight is 262 g/mol. The number of nitrogens with one attached hydrogen (secondary N) is 2. The maximum absolute atomic E-state index is 11.9. The summed E-state index contributed by atoms with van der Waals surface area (Å²) in [4.78, 5) is 18.4. The maximum atomic E-state index is 11.9. The average Bonchev–Trinajstić information content (AvgIpc) is 2.89. The molecule has 0 saturated carbocycles. The molecule has 1 aliphatic rings. The number of rotatable bonds is 5. The van der Waals surface area contributed by atoms with Gasteiger partial charge < -0.3 is 15.1 Å². The number of carbonyl (C=O) groups excluding carboxylic acids is 1. The molecule has 0 aliphatic carbocycles. The van der Waals surface area contributed by atoms with Crippen molar-refractivity contribution in [3.8, 4) is 0 Å². The molecule has 2 rings (SSSR count). The van der Waals surface area contributed by atoms with E-state index in [4.69, 9.17) is 4.84 Å². The van der Waals surface area contributed by atoms with Crippen LogP contribution in [0.3, 0.4) is 0 Å². The lowest BCUT2D eigenvalue weighted by Gasteiger charge is -2.11. The second kappa shape index (κ2) is 6.33. The van der Waals surface area contributed by atoms with Crippen molar-refractivity contribution < 1.29 is 14.5 Å². The lowest BCUT2D eigenvalue weighted by atomic mass is 10.0. The molecule has 5 nitrogen and oxygen atoms in total. The van der Waals surface area contributed by atoms with E-state index in [1.54, 1.807) is 0 Å². The minimum absolute atomic E-state index is 0.0871. The normalized spacial score (nSPS) is 18.1. The fourth-order valence-electron chi connectivity index (χ4n) is 1.87. The number of oxime groups is 1. The largest absolute Gasteiger partial charge is 0.382 e. The highest BCUT2D eigenvalue weighted by Crippen LogP contribution is 2.16. The van der Waals surface area contributed by atoms with E-state index in [-0.39, 0.29) is 5.91 Å². The third-order valence-corrected chi connectivity index (χ3v) is 2.99. The molecule has 1 heterocycles. The quantitative estimate of drug-likeness (QED) is 0.747. The van der Waals surface area contributed by atoms with Gasteiger partial charge in [-0.05, 0) is 5.56 Å². The van der Waals surface area contributed by atoms with Crippen molar-refractivity contribution in [1.82, 2.24) is 5.32 Å². The minimum atomic E-state index is -0.493. The van der Waals surface area contributed by atoms with E-state index in [0.29, 0.717) is 13.0 Å². The summed E-state index contributed by atoms with van der Waals surface area (Å²) >= 11 is 0. The van der Waals surface area contributed by atoms with Crippen LogP contribution >= 0.6 is 0 Å². The number of amides is 1. The van der Waals surface area contributed by atoms with Gasteiger partial charge in [0.15, 0.2) is 0 Å². The van der Waals surface area contributed by atoms with Gasteiger partial charge in [-0.3, -0.25) is 4.79 Å². The SMILES string of the molecule is C[NH+](C)CCNC(=O)[C@@H]1CC(c2ccccc2)=NO1. The highest BCUT2D eigenvalue weighted by Gasteiger charge is 2.28. The smallest absolute Gasteiger partial charge is 0.264 e. The summed E-state index contributed by atoms with van der Waals surface area (Å²) in [7, 11) is 4.10. The zero-order valence-electron chi connectivity index (χ0n) is 11.3. The van der Waals surface area contributed by atoms with Gasteiger partial charge in [0, 0.05) is 6.42 Å². The molecule has 19 heavy (non-hydrogen) atoms. The predicted octanol–water partition coefficient (Wildman–Crippen LogP) is -0.560. The van der Waals surface area contributed by atoms with Crippen molar-refractivity contribution >= 4 is 11.6 Å². The highest BCUT2D eigenvalue weighted by atomic mass is 16.6. The Morgan fingerprint density at radius 1 is 1.42 bits per heavy atom. The number of benzene rings is 1. The van der Waals surface area contributed by atoms with Crippen molar-refractivity contribution in [2.24, 2.45) is 5.16 Å². The third-order valence-electron chi connectivity index (χ3n) is 2.99. The van der Waals surface area contributed by atoms with Gasteiger partial charge in [0.2, 0.25) is 6.10 Å². The van der Waals surface area contributed by atoms with E-state index in [2.05, 4.69) is 24.6 Å². The van der Waals surface area contributed by atoms with Gasteiger partial charge in [-0.25, -0.2) is 0 Å². The zero-order chi connectivity index (χ0) is 13.7. The van der Waals surface area contributed by atoms with Crippen LogP contribution in [0.1, 0.15) is 12.0 Å². The van der Waals surface area contributed by atoms with Crippen LogP contribution in [-0.2, 0) is 9.63 Å². The van der Waals surface area contributed by atoms with Gasteiger partial charge in [0.25, 0.3) is 5.91 Å². The summed E-state index contributed by atoms with van der Waals surface area (Å²) in [5, 5.41) is 6.87. The Kier molecular flexibility index (Phi) is 4.52. The molecule has 1 aliphatic heterocycles. The van der Waals surface area contributed by atoms with Crippen LogP contribution in [-0.4, -0.2) is 44.9 Å².